The Morgan fingerprint density at radius 1 is 0.568 bits per heavy atom. The molecule has 0 fully saturated rings. The summed E-state index contributed by atoms with van der Waals surface area (Å²) in [5.41, 5.74) is 5.43. The molecule has 0 spiro atoms. The van der Waals surface area contributed by atoms with Crippen molar-refractivity contribution in [3.8, 4) is 17.2 Å². The molecule has 3 nitrogen and oxygen atoms in total. The molecule has 5 aromatic carbocycles. The van der Waals surface area contributed by atoms with E-state index in [0.29, 0.717) is 5.95 Å². The van der Waals surface area contributed by atoms with E-state index in [1.807, 2.05) is 11.3 Å². The molecule has 0 unspecified atom stereocenters. The van der Waals surface area contributed by atoms with Crippen LogP contribution in [0.1, 0.15) is 0 Å². The van der Waals surface area contributed by atoms with Crippen LogP contribution in [-0.4, -0.2) is 14.5 Å². The van der Waals surface area contributed by atoms with Crippen LogP contribution < -0.4 is 0 Å². The van der Waals surface area contributed by atoms with Crippen molar-refractivity contribution in [1.29, 1.82) is 0 Å². The Morgan fingerprint density at radius 2 is 1.38 bits per heavy atom. The zero-order valence-corrected chi connectivity index (χ0v) is 21.1. The SMILES string of the molecule is c1ccc2c(c1)Sc1cccc3nc(-n4c5ccccc5c5cc6sc7ccccc7c6cc54)nc-2c13. The van der Waals surface area contributed by atoms with Crippen LogP contribution in [0, 0.1) is 0 Å². The maximum atomic E-state index is 5.29. The topological polar surface area (TPSA) is 30.7 Å². The summed E-state index contributed by atoms with van der Waals surface area (Å²) < 4.78 is 4.87. The Bertz CT molecular complexity index is 2240. The van der Waals surface area contributed by atoms with E-state index in [9.17, 15) is 0 Å². The number of rotatable bonds is 1. The zero-order valence-electron chi connectivity index (χ0n) is 19.5. The number of nitrogens with zero attached hydrogens (tertiary/aromatic N) is 3. The van der Waals surface area contributed by atoms with E-state index in [-0.39, 0.29) is 0 Å². The summed E-state index contributed by atoms with van der Waals surface area (Å²) in [5, 5.41) is 6.17. The van der Waals surface area contributed by atoms with Gasteiger partial charge in [0.05, 0.1) is 22.2 Å². The third kappa shape index (κ3) is 2.67. The van der Waals surface area contributed by atoms with E-state index in [0.717, 1.165) is 27.6 Å². The van der Waals surface area contributed by atoms with Crippen molar-refractivity contribution in [2.75, 3.05) is 0 Å². The van der Waals surface area contributed by atoms with Gasteiger partial charge in [0, 0.05) is 51.7 Å². The molecule has 1 aliphatic heterocycles. The van der Waals surface area contributed by atoms with Gasteiger partial charge in [0.1, 0.15) is 0 Å². The molecule has 172 valence electrons. The summed E-state index contributed by atoms with van der Waals surface area (Å²) in [6, 6.07) is 36.9. The molecule has 9 rings (SSSR count). The summed E-state index contributed by atoms with van der Waals surface area (Å²) in [6.45, 7) is 0. The van der Waals surface area contributed by atoms with Gasteiger partial charge >= 0.3 is 0 Å². The fraction of sp³-hybridized carbons (Fsp3) is 0. The van der Waals surface area contributed by atoms with Crippen molar-refractivity contribution < 1.29 is 0 Å². The lowest BCUT2D eigenvalue weighted by Crippen LogP contribution is -2.05. The lowest BCUT2D eigenvalue weighted by Gasteiger charge is -2.20. The Labute approximate surface area is 220 Å². The molecule has 5 heteroatoms. The molecule has 37 heavy (non-hydrogen) atoms. The highest BCUT2D eigenvalue weighted by Crippen LogP contribution is 2.47. The number of fused-ring (bicyclic) bond motifs is 8. The summed E-state index contributed by atoms with van der Waals surface area (Å²) in [4.78, 5) is 12.9. The molecule has 3 aromatic heterocycles. The monoisotopic (exact) mass is 507 g/mol. The molecule has 0 amide bonds. The van der Waals surface area contributed by atoms with Crippen LogP contribution in [0.2, 0.25) is 0 Å². The predicted octanol–water partition coefficient (Wildman–Crippen LogP) is 9.23. The van der Waals surface area contributed by atoms with Crippen LogP contribution in [0.15, 0.2) is 113 Å². The first-order valence-corrected chi connectivity index (χ1v) is 13.9. The average Bonchev–Trinajstić information content (AvgIpc) is 3.47. The van der Waals surface area contributed by atoms with Gasteiger partial charge in [0.2, 0.25) is 5.95 Å². The number of para-hydroxylation sites is 1. The van der Waals surface area contributed by atoms with Crippen LogP contribution >= 0.6 is 23.1 Å². The van der Waals surface area contributed by atoms with Gasteiger partial charge in [-0.1, -0.05) is 72.4 Å². The van der Waals surface area contributed by atoms with Crippen LogP contribution in [0.5, 0.6) is 0 Å². The van der Waals surface area contributed by atoms with Crippen LogP contribution in [0.4, 0.5) is 0 Å². The lowest BCUT2D eigenvalue weighted by molar-refractivity contribution is 1.01. The Hall–Kier alpha value is -4.19. The van der Waals surface area contributed by atoms with E-state index < -0.39 is 0 Å². The van der Waals surface area contributed by atoms with Gasteiger partial charge in [-0.15, -0.1) is 11.3 Å². The van der Waals surface area contributed by atoms with Crippen molar-refractivity contribution in [1.82, 2.24) is 14.5 Å². The molecule has 0 aliphatic carbocycles. The summed E-state index contributed by atoms with van der Waals surface area (Å²) >= 11 is 3.66. The Morgan fingerprint density at radius 3 is 2.35 bits per heavy atom. The van der Waals surface area contributed by atoms with Crippen LogP contribution in [-0.2, 0) is 0 Å². The third-order valence-corrected chi connectivity index (χ3v) is 9.68. The maximum Gasteiger partial charge on any atom is 0.235 e. The first-order valence-electron chi connectivity index (χ1n) is 12.3. The van der Waals surface area contributed by atoms with Crippen LogP contribution in [0.25, 0.3) is 70.1 Å². The molecular formula is C32H17N3S2. The number of benzene rings is 5. The van der Waals surface area contributed by atoms with E-state index in [4.69, 9.17) is 9.97 Å². The van der Waals surface area contributed by atoms with Crippen molar-refractivity contribution in [2.45, 2.75) is 9.79 Å². The molecule has 1 aliphatic rings. The number of thiophene rings is 1. The summed E-state index contributed by atoms with van der Waals surface area (Å²) in [6.07, 6.45) is 0. The third-order valence-electron chi connectivity index (χ3n) is 7.41. The minimum absolute atomic E-state index is 0.714. The standard InChI is InChI=1S/C32H17N3S2/c1-4-12-24-18(8-1)21-17-29-22(19-9-2-5-13-26(19)37-29)16-25(21)35(24)32-33-23-11-7-15-28-30(23)31(34-32)20-10-3-6-14-27(20)36-28/h1-17H. The zero-order chi connectivity index (χ0) is 24.1. The van der Waals surface area contributed by atoms with Crippen molar-refractivity contribution in [2.24, 2.45) is 0 Å². The summed E-state index contributed by atoms with van der Waals surface area (Å²) in [7, 11) is 0. The number of aromatic nitrogens is 3. The molecule has 0 radical (unpaired) electrons. The summed E-state index contributed by atoms with van der Waals surface area (Å²) in [5.74, 6) is 0.714. The second-order valence-corrected chi connectivity index (χ2v) is 11.6. The highest BCUT2D eigenvalue weighted by atomic mass is 32.2. The first-order chi connectivity index (χ1) is 18.3. The average molecular weight is 508 g/mol. The van der Waals surface area contributed by atoms with Gasteiger partial charge in [0.15, 0.2) is 0 Å². The lowest BCUT2D eigenvalue weighted by atomic mass is 10.1. The second-order valence-electron chi connectivity index (χ2n) is 9.44. The van der Waals surface area contributed by atoms with Crippen molar-refractivity contribution >= 4 is 76.0 Å². The molecule has 0 saturated carbocycles. The predicted molar refractivity (Wildman–Crippen MR) is 156 cm³/mol. The Balaban J connectivity index is 1.44. The minimum atomic E-state index is 0.714. The van der Waals surface area contributed by atoms with Crippen molar-refractivity contribution in [3.05, 3.63) is 103 Å². The quantitative estimate of drug-likeness (QED) is 0.222. The van der Waals surface area contributed by atoms with E-state index in [1.54, 1.807) is 11.8 Å². The fourth-order valence-corrected chi connectivity index (χ4v) is 8.03. The van der Waals surface area contributed by atoms with E-state index in [2.05, 4.69) is 108 Å². The Kier molecular flexibility index (Phi) is 3.87. The fourth-order valence-electron chi connectivity index (χ4n) is 5.79. The number of hydrogen-bond acceptors (Lipinski definition) is 4. The maximum absolute atomic E-state index is 5.29. The van der Waals surface area contributed by atoms with Crippen molar-refractivity contribution in [3.63, 3.8) is 0 Å². The molecule has 8 aromatic rings. The number of hydrogen-bond donors (Lipinski definition) is 0. The largest absolute Gasteiger partial charge is 0.278 e. The molecule has 0 atom stereocenters. The smallest absolute Gasteiger partial charge is 0.235 e. The molecular weight excluding hydrogens is 491 g/mol. The van der Waals surface area contributed by atoms with Gasteiger partial charge in [-0.2, -0.15) is 0 Å². The van der Waals surface area contributed by atoms with E-state index in [1.165, 1.54) is 46.3 Å². The highest BCUT2D eigenvalue weighted by molar-refractivity contribution is 7.99. The molecule has 0 N–H and O–H groups in total. The van der Waals surface area contributed by atoms with Gasteiger partial charge in [0.25, 0.3) is 0 Å². The van der Waals surface area contributed by atoms with Gasteiger partial charge in [-0.3, -0.25) is 4.57 Å². The molecule has 4 heterocycles. The van der Waals surface area contributed by atoms with Gasteiger partial charge in [-0.05, 0) is 42.5 Å². The second kappa shape index (κ2) is 7.19. The first kappa shape index (κ1) is 19.9. The van der Waals surface area contributed by atoms with Gasteiger partial charge in [-0.25, -0.2) is 9.97 Å². The normalized spacial score (nSPS) is 12.8. The van der Waals surface area contributed by atoms with Crippen LogP contribution in [0.3, 0.4) is 0 Å². The van der Waals surface area contributed by atoms with E-state index >= 15 is 0 Å². The van der Waals surface area contributed by atoms with Gasteiger partial charge < -0.3 is 0 Å². The highest BCUT2D eigenvalue weighted by Gasteiger charge is 2.24. The molecule has 0 bridgehead atoms. The molecule has 0 saturated heterocycles. The minimum Gasteiger partial charge on any atom is -0.278 e.